The summed E-state index contributed by atoms with van der Waals surface area (Å²) in [6, 6.07) is 0.326. The lowest BCUT2D eigenvalue weighted by molar-refractivity contribution is 0.407. The predicted molar refractivity (Wildman–Crippen MR) is 40.7 cm³/mol. The Morgan fingerprint density at radius 2 is 1.90 bits per heavy atom. The van der Waals surface area contributed by atoms with Gasteiger partial charge in [-0.1, -0.05) is 0 Å². The van der Waals surface area contributed by atoms with E-state index in [1.807, 2.05) is 0 Å². The van der Waals surface area contributed by atoms with E-state index in [4.69, 9.17) is 11.6 Å². The quantitative estimate of drug-likeness (QED) is 0.477. The van der Waals surface area contributed by atoms with Crippen molar-refractivity contribution in [3.63, 3.8) is 0 Å². The summed E-state index contributed by atoms with van der Waals surface area (Å²) in [5, 5.41) is 2.96. The van der Waals surface area contributed by atoms with Gasteiger partial charge in [-0.15, -0.1) is 11.6 Å². The summed E-state index contributed by atoms with van der Waals surface area (Å²) in [5.41, 5.74) is 0. The number of halogens is 1. The van der Waals surface area contributed by atoms with Crippen LogP contribution in [0, 0.1) is 0 Å². The van der Waals surface area contributed by atoms with E-state index in [9.17, 15) is 4.79 Å². The molecule has 10 heavy (non-hydrogen) atoms. The van der Waals surface area contributed by atoms with Gasteiger partial charge in [-0.05, 0) is 25.7 Å². The summed E-state index contributed by atoms with van der Waals surface area (Å²) < 4.78 is 0. The van der Waals surface area contributed by atoms with Crippen LogP contribution in [0.3, 0.4) is 0 Å². The topological polar surface area (TPSA) is 29.1 Å². The Bertz CT molecular complexity index is 110. The number of carbonyl (C=O) groups excluding carboxylic acids is 1. The number of rotatable bonds is 2. The highest BCUT2D eigenvalue weighted by atomic mass is 35.5. The monoisotopic (exact) mass is 160 g/mol. The van der Waals surface area contributed by atoms with Crippen molar-refractivity contribution < 1.29 is 4.79 Å². The molecule has 0 spiro atoms. The summed E-state index contributed by atoms with van der Waals surface area (Å²) >= 11 is 5.86. The van der Waals surface area contributed by atoms with Crippen molar-refractivity contribution in [2.45, 2.75) is 37.1 Å². The van der Waals surface area contributed by atoms with Crippen LogP contribution in [0.25, 0.3) is 0 Å². The fourth-order valence-electron chi connectivity index (χ4n) is 1.28. The number of nitrogens with one attached hydrogen (secondary N) is 1. The highest BCUT2D eigenvalue weighted by molar-refractivity contribution is 6.20. The summed E-state index contributed by atoms with van der Waals surface area (Å²) in [6.45, 7) is 0. The smallest absolute Gasteiger partial charge is 0.309 e. The molecule has 1 fully saturated rings. The lowest BCUT2D eigenvalue weighted by atomic mass is 9.95. The Morgan fingerprint density at radius 3 is 2.40 bits per heavy atom. The van der Waals surface area contributed by atoms with E-state index in [0.717, 1.165) is 25.7 Å². The highest BCUT2D eigenvalue weighted by Crippen LogP contribution is 2.22. The van der Waals surface area contributed by atoms with Crippen LogP contribution < -0.4 is 5.32 Å². The third kappa shape index (κ3) is 2.18. The molecule has 0 aromatic carbocycles. The fourth-order valence-corrected chi connectivity index (χ4v) is 1.53. The minimum atomic E-state index is 0.324. The molecule has 1 aliphatic rings. The van der Waals surface area contributed by atoms with Crippen molar-refractivity contribution in [3.05, 3.63) is 0 Å². The molecular formula is C7H11ClNO. The van der Waals surface area contributed by atoms with Gasteiger partial charge in [-0.2, -0.15) is 0 Å². The van der Waals surface area contributed by atoms with Gasteiger partial charge in [-0.3, -0.25) is 4.79 Å². The van der Waals surface area contributed by atoms with Crippen molar-refractivity contribution in [2.75, 3.05) is 0 Å². The molecule has 0 saturated heterocycles. The summed E-state index contributed by atoms with van der Waals surface area (Å²) in [7, 11) is 0. The van der Waals surface area contributed by atoms with Crippen LogP contribution in [-0.4, -0.2) is 17.8 Å². The predicted octanol–water partition coefficient (Wildman–Crippen LogP) is 1.19. The Hall–Kier alpha value is -0.240. The first kappa shape index (κ1) is 7.86. The second-order valence-corrected chi connectivity index (χ2v) is 3.31. The van der Waals surface area contributed by atoms with Crippen LogP contribution in [0.4, 0.5) is 0 Å². The van der Waals surface area contributed by atoms with Gasteiger partial charge in [0.25, 0.3) is 0 Å². The van der Waals surface area contributed by atoms with Crippen molar-refractivity contribution in [1.29, 1.82) is 0 Å². The molecule has 0 heterocycles. The highest BCUT2D eigenvalue weighted by Gasteiger charge is 2.18. The van der Waals surface area contributed by atoms with E-state index in [1.54, 1.807) is 6.41 Å². The van der Waals surface area contributed by atoms with Gasteiger partial charge in [0.1, 0.15) is 0 Å². The van der Waals surface area contributed by atoms with Crippen LogP contribution in [0.2, 0.25) is 0 Å². The second-order valence-electron chi connectivity index (χ2n) is 2.70. The van der Waals surface area contributed by atoms with Crippen LogP contribution >= 0.6 is 11.6 Å². The zero-order valence-corrected chi connectivity index (χ0v) is 6.53. The second kappa shape index (κ2) is 3.81. The molecule has 1 saturated carbocycles. The molecule has 3 heteroatoms. The van der Waals surface area contributed by atoms with Crippen LogP contribution in [0.15, 0.2) is 0 Å². The van der Waals surface area contributed by atoms with Gasteiger partial charge >= 0.3 is 6.41 Å². The van der Waals surface area contributed by atoms with Gasteiger partial charge in [0.05, 0.1) is 0 Å². The normalized spacial score (nSPS) is 33.3. The maximum absolute atomic E-state index is 9.89. The minimum Gasteiger partial charge on any atom is -0.345 e. The maximum atomic E-state index is 9.89. The van der Waals surface area contributed by atoms with Crippen molar-refractivity contribution in [3.8, 4) is 0 Å². The SMILES string of the molecule is O=[C]NC1CCC(Cl)CC1. The Morgan fingerprint density at radius 1 is 1.30 bits per heavy atom. The van der Waals surface area contributed by atoms with Crippen molar-refractivity contribution in [2.24, 2.45) is 0 Å². The van der Waals surface area contributed by atoms with Crippen molar-refractivity contribution >= 4 is 18.0 Å². The van der Waals surface area contributed by atoms with Gasteiger partial charge < -0.3 is 5.32 Å². The Balaban J connectivity index is 2.19. The number of alkyl halides is 1. The lowest BCUT2D eigenvalue weighted by Gasteiger charge is -2.23. The molecule has 1 amide bonds. The molecule has 0 unspecified atom stereocenters. The minimum absolute atomic E-state index is 0.324. The van der Waals surface area contributed by atoms with Crippen LogP contribution in [0.5, 0.6) is 0 Å². The zero-order chi connectivity index (χ0) is 7.40. The van der Waals surface area contributed by atoms with E-state index >= 15 is 0 Å². The molecule has 1 N–H and O–H groups in total. The van der Waals surface area contributed by atoms with Gasteiger partial charge in [0.15, 0.2) is 0 Å². The molecule has 1 rings (SSSR count). The first-order chi connectivity index (χ1) is 4.83. The third-order valence-electron chi connectivity index (χ3n) is 1.92. The van der Waals surface area contributed by atoms with E-state index < -0.39 is 0 Å². The fraction of sp³-hybridized carbons (Fsp3) is 0.857. The zero-order valence-electron chi connectivity index (χ0n) is 5.77. The molecule has 0 atom stereocenters. The largest absolute Gasteiger partial charge is 0.345 e. The summed E-state index contributed by atoms with van der Waals surface area (Å²) in [6.07, 6.45) is 5.75. The van der Waals surface area contributed by atoms with Crippen molar-refractivity contribution in [1.82, 2.24) is 5.32 Å². The van der Waals surface area contributed by atoms with E-state index in [1.165, 1.54) is 0 Å². The maximum Gasteiger partial charge on any atom is 0.309 e. The molecular weight excluding hydrogens is 150 g/mol. The van der Waals surface area contributed by atoms with E-state index in [-0.39, 0.29) is 0 Å². The first-order valence-electron chi connectivity index (χ1n) is 3.59. The molecule has 1 radical (unpaired) electrons. The molecule has 0 aliphatic heterocycles. The van der Waals surface area contributed by atoms with Crippen LogP contribution in [0.1, 0.15) is 25.7 Å². The van der Waals surface area contributed by atoms with E-state index in [0.29, 0.717) is 11.4 Å². The Labute approximate surface area is 65.9 Å². The summed E-state index contributed by atoms with van der Waals surface area (Å²) in [4.78, 5) is 9.89. The van der Waals surface area contributed by atoms with Gasteiger partial charge in [0.2, 0.25) is 0 Å². The van der Waals surface area contributed by atoms with Gasteiger partial charge in [0, 0.05) is 11.4 Å². The molecule has 0 aromatic heterocycles. The Kier molecular flexibility index (Phi) is 3.00. The number of hydrogen-bond donors (Lipinski definition) is 1. The molecule has 2 nitrogen and oxygen atoms in total. The lowest BCUT2D eigenvalue weighted by Crippen LogP contribution is -2.32. The number of amides is 1. The molecule has 57 valence electrons. The van der Waals surface area contributed by atoms with Crippen LogP contribution in [-0.2, 0) is 4.79 Å². The number of hydrogen-bond acceptors (Lipinski definition) is 1. The van der Waals surface area contributed by atoms with Gasteiger partial charge in [-0.25, -0.2) is 0 Å². The molecule has 0 bridgehead atoms. The van der Waals surface area contributed by atoms with E-state index in [2.05, 4.69) is 5.32 Å². The standard InChI is InChI=1S/C7H11ClNO/c8-6-1-3-7(4-2-6)9-5-10/h6-7H,1-4H2,(H,9,10). The molecule has 1 aliphatic carbocycles. The molecule has 0 aromatic rings. The summed E-state index contributed by atoms with van der Waals surface area (Å²) in [5.74, 6) is 0. The first-order valence-corrected chi connectivity index (χ1v) is 4.03. The third-order valence-corrected chi connectivity index (χ3v) is 2.36. The average Bonchev–Trinajstić information content (AvgIpc) is 1.95. The average molecular weight is 161 g/mol.